The summed E-state index contributed by atoms with van der Waals surface area (Å²) in [7, 11) is 0. The highest BCUT2D eigenvalue weighted by atomic mass is 16.5. The molecule has 0 aliphatic heterocycles. The van der Waals surface area contributed by atoms with Crippen molar-refractivity contribution in [2.75, 3.05) is 0 Å². The zero-order chi connectivity index (χ0) is 21.5. The Morgan fingerprint density at radius 3 is 2.43 bits per heavy atom. The van der Waals surface area contributed by atoms with Gasteiger partial charge in [0.1, 0.15) is 6.10 Å². The molecule has 0 aromatic heterocycles. The highest BCUT2D eigenvalue weighted by molar-refractivity contribution is 5.66. The second-order valence-electron chi connectivity index (χ2n) is 12.5. The molecular weight excluding hydrogens is 368 g/mol. The van der Waals surface area contributed by atoms with Crippen molar-refractivity contribution in [3.8, 4) is 0 Å². The quantitative estimate of drug-likeness (QED) is 0.416. The predicted octanol–water partition coefficient (Wildman–Crippen LogP) is 7.65. The molecule has 9 atom stereocenters. The third-order valence-corrected chi connectivity index (χ3v) is 10.4. The van der Waals surface area contributed by atoms with E-state index in [2.05, 4.69) is 27.7 Å². The number of carbonyl (C=O) groups excluding carboxylic acids is 1. The van der Waals surface area contributed by atoms with Gasteiger partial charge in [-0.05, 0) is 111 Å². The Hall–Kier alpha value is -0.530. The molecule has 0 saturated heterocycles. The van der Waals surface area contributed by atoms with Gasteiger partial charge in [0.25, 0.3) is 0 Å². The molecule has 2 nitrogen and oxygen atoms in total. The Bertz CT molecular complexity index is 597. The number of carbonyl (C=O) groups is 1. The first-order valence-electron chi connectivity index (χ1n) is 13.5. The van der Waals surface area contributed by atoms with Gasteiger partial charge in [-0.25, -0.2) is 0 Å². The van der Waals surface area contributed by atoms with Crippen molar-refractivity contribution >= 4 is 5.97 Å². The fourth-order valence-electron chi connectivity index (χ4n) is 9.18. The number of esters is 1. The van der Waals surface area contributed by atoms with Crippen LogP contribution in [-0.4, -0.2) is 12.1 Å². The van der Waals surface area contributed by atoms with Crippen LogP contribution in [0.4, 0.5) is 0 Å². The van der Waals surface area contributed by atoms with Gasteiger partial charge in [0, 0.05) is 6.92 Å². The Kier molecular flexibility index (Phi) is 6.91. The van der Waals surface area contributed by atoms with Crippen molar-refractivity contribution in [3.63, 3.8) is 0 Å². The van der Waals surface area contributed by atoms with Crippen LogP contribution in [0.15, 0.2) is 0 Å². The van der Waals surface area contributed by atoms with Crippen LogP contribution in [0.3, 0.4) is 0 Å². The zero-order valence-electron chi connectivity index (χ0n) is 20.5. The molecule has 0 bridgehead atoms. The van der Waals surface area contributed by atoms with Gasteiger partial charge in [0.15, 0.2) is 0 Å². The molecule has 4 saturated carbocycles. The van der Waals surface area contributed by atoms with Crippen LogP contribution in [0.25, 0.3) is 0 Å². The highest BCUT2D eigenvalue weighted by Gasteiger charge is 2.57. The van der Waals surface area contributed by atoms with E-state index in [9.17, 15) is 4.79 Å². The van der Waals surface area contributed by atoms with Crippen molar-refractivity contribution in [1.82, 2.24) is 0 Å². The summed E-state index contributed by atoms with van der Waals surface area (Å²) in [5.74, 6) is 7.33. The Balaban J connectivity index is 1.39. The molecule has 4 rings (SSSR count). The predicted molar refractivity (Wildman–Crippen MR) is 124 cm³/mol. The van der Waals surface area contributed by atoms with Crippen LogP contribution >= 0.6 is 0 Å². The number of fused-ring (bicyclic) bond motifs is 5. The van der Waals surface area contributed by atoms with Gasteiger partial charge in [-0.15, -0.1) is 0 Å². The third kappa shape index (κ3) is 4.36. The first kappa shape index (κ1) is 22.7. The van der Waals surface area contributed by atoms with E-state index in [1.165, 1.54) is 64.2 Å². The fraction of sp³-hybridized carbons (Fsp3) is 0.964. The van der Waals surface area contributed by atoms with Crippen LogP contribution in [-0.2, 0) is 9.53 Å². The van der Waals surface area contributed by atoms with E-state index >= 15 is 0 Å². The molecule has 172 valence electrons. The van der Waals surface area contributed by atoms with Gasteiger partial charge in [-0.3, -0.25) is 4.79 Å². The maximum Gasteiger partial charge on any atom is 0.302 e. The number of rotatable bonds is 6. The van der Waals surface area contributed by atoms with Crippen molar-refractivity contribution in [3.05, 3.63) is 0 Å². The van der Waals surface area contributed by atoms with E-state index in [0.717, 1.165) is 60.2 Å². The SMILES string of the molecule is CC(=O)O[C@H]1CC[C@H]2[C@@H](CC[C@@H]3[C@@H]2CC[C@]2(C)[C@@H]([C@H](C)CCCC(C)C)CC[C@@H]32)C1. The van der Waals surface area contributed by atoms with Crippen molar-refractivity contribution < 1.29 is 9.53 Å². The smallest absolute Gasteiger partial charge is 0.302 e. The monoisotopic (exact) mass is 416 g/mol. The molecule has 4 aliphatic carbocycles. The summed E-state index contributed by atoms with van der Waals surface area (Å²) in [4.78, 5) is 11.4. The summed E-state index contributed by atoms with van der Waals surface area (Å²) < 4.78 is 5.61. The number of ether oxygens (including phenoxy) is 1. The zero-order valence-corrected chi connectivity index (χ0v) is 20.5. The minimum absolute atomic E-state index is 0.0833. The Labute approximate surface area is 186 Å². The first-order chi connectivity index (χ1) is 14.3. The van der Waals surface area contributed by atoms with E-state index in [4.69, 9.17) is 4.74 Å². The summed E-state index contributed by atoms with van der Waals surface area (Å²) in [6, 6.07) is 0. The number of hydrogen-bond acceptors (Lipinski definition) is 2. The largest absolute Gasteiger partial charge is 0.463 e. The average molecular weight is 417 g/mol. The molecule has 0 spiro atoms. The molecule has 0 aromatic carbocycles. The van der Waals surface area contributed by atoms with Gasteiger partial charge in [0.2, 0.25) is 0 Å². The molecular formula is C28H48O2. The van der Waals surface area contributed by atoms with Crippen LogP contribution in [0.2, 0.25) is 0 Å². The Morgan fingerprint density at radius 1 is 0.933 bits per heavy atom. The van der Waals surface area contributed by atoms with E-state index < -0.39 is 0 Å². The van der Waals surface area contributed by atoms with Crippen molar-refractivity contribution in [2.45, 2.75) is 118 Å². The fourth-order valence-corrected chi connectivity index (χ4v) is 9.18. The van der Waals surface area contributed by atoms with Gasteiger partial charge in [0.05, 0.1) is 0 Å². The highest BCUT2D eigenvalue weighted by Crippen LogP contribution is 2.65. The molecule has 4 fully saturated rings. The van der Waals surface area contributed by atoms with Crippen LogP contribution < -0.4 is 0 Å². The van der Waals surface area contributed by atoms with Crippen LogP contribution in [0.5, 0.6) is 0 Å². The minimum atomic E-state index is -0.0833. The molecule has 30 heavy (non-hydrogen) atoms. The Morgan fingerprint density at radius 2 is 1.70 bits per heavy atom. The third-order valence-electron chi connectivity index (χ3n) is 10.4. The first-order valence-corrected chi connectivity index (χ1v) is 13.5. The minimum Gasteiger partial charge on any atom is -0.463 e. The number of hydrogen-bond donors (Lipinski definition) is 0. The maximum atomic E-state index is 11.4. The van der Waals surface area contributed by atoms with Gasteiger partial charge >= 0.3 is 5.97 Å². The van der Waals surface area contributed by atoms with Crippen LogP contribution in [0, 0.1) is 52.8 Å². The standard InChI is InChI=1S/C28H48O2/c1-18(2)7-6-8-19(3)26-13-14-27-25-11-9-21-17-22(30-20(4)29)10-12-23(21)24(25)15-16-28(26,27)5/h18-19,21-27H,6-17H2,1-5H3/t19-,21+,22+,23+,24-,25-,26-,27+,28-/m1/s1. The second kappa shape index (κ2) is 9.14. The molecule has 2 heteroatoms. The topological polar surface area (TPSA) is 26.3 Å². The van der Waals surface area contributed by atoms with Crippen molar-refractivity contribution in [2.24, 2.45) is 52.8 Å². The van der Waals surface area contributed by atoms with E-state index in [-0.39, 0.29) is 12.1 Å². The van der Waals surface area contributed by atoms with Gasteiger partial charge < -0.3 is 4.74 Å². The summed E-state index contributed by atoms with van der Waals surface area (Å²) >= 11 is 0. The lowest BCUT2D eigenvalue weighted by Gasteiger charge is -2.56. The van der Waals surface area contributed by atoms with E-state index in [1.807, 2.05) is 0 Å². The molecule has 4 aliphatic rings. The molecule has 0 N–H and O–H groups in total. The van der Waals surface area contributed by atoms with Crippen molar-refractivity contribution in [1.29, 1.82) is 0 Å². The average Bonchev–Trinajstić information content (AvgIpc) is 3.04. The van der Waals surface area contributed by atoms with E-state index in [1.54, 1.807) is 6.92 Å². The summed E-state index contributed by atoms with van der Waals surface area (Å²) in [5.41, 5.74) is 0.611. The molecule has 0 unspecified atom stereocenters. The summed E-state index contributed by atoms with van der Waals surface area (Å²) in [6.45, 7) is 11.6. The molecule has 0 heterocycles. The molecule has 0 amide bonds. The maximum absolute atomic E-state index is 11.4. The second-order valence-corrected chi connectivity index (χ2v) is 12.5. The van der Waals surface area contributed by atoms with Gasteiger partial charge in [-0.1, -0.05) is 47.0 Å². The van der Waals surface area contributed by atoms with Crippen LogP contribution in [0.1, 0.15) is 112 Å². The molecule has 0 aromatic rings. The van der Waals surface area contributed by atoms with Gasteiger partial charge in [-0.2, -0.15) is 0 Å². The lowest BCUT2D eigenvalue weighted by Crippen LogP contribution is -2.49. The lowest BCUT2D eigenvalue weighted by atomic mass is 9.49. The van der Waals surface area contributed by atoms with E-state index in [0.29, 0.717) is 5.41 Å². The molecule has 0 radical (unpaired) electrons. The summed E-state index contributed by atoms with van der Waals surface area (Å²) in [6.07, 6.45) is 16.8. The normalized spacial score (nSPS) is 44.1. The lowest BCUT2D eigenvalue weighted by molar-refractivity contribution is -0.152. The summed E-state index contributed by atoms with van der Waals surface area (Å²) in [5, 5.41) is 0.